The van der Waals surface area contributed by atoms with Crippen molar-refractivity contribution in [1.82, 2.24) is 15.0 Å². The van der Waals surface area contributed by atoms with Crippen LogP contribution in [0.2, 0.25) is 0 Å². The Bertz CT molecular complexity index is 2510. The third-order valence-electron chi connectivity index (χ3n) is 8.76. The third kappa shape index (κ3) is 4.84. The van der Waals surface area contributed by atoms with Crippen LogP contribution >= 0.6 is 0 Å². The van der Waals surface area contributed by atoms with E-state index in [1.54, 1.807) is 0 Å². The summed E-state index contributed by atoms with van der Waals surface area (Å²) in [5, 5.41) is 3.39. The molecule has 47 heavy (non-hydrogen) atoms. The van der Waals surface area contributed by atoms with Gasteiger partial charge in [0.1, 0.15) is 11.1 Å². The van der Waals surface area contributed by atoms with E-state index in [0.717, 1.165) is 72.4 Å². The van der Waals surface area contributed by atoms with E-state index in [1.807, 2.05) is 60.8 Å². The zero-order valence-corrected chi connectivity index (χ0v) is 25.3. The van der Waals surface area contributed by atoms with Gasteiger partial charge in [-0.05, 0) is 69.4 Å². The average molecular weight is 602 g/mol. The molecule has 0 aliphatic carbocycles. The van der Waals surface area contributed by atoms with Crippen molar-refractivity contribution >= 4 is 32.8 Å². The fraction of sp³-hybridized carbons (Fsp3) is 0. The first-order valence-corrected chi connectivity index (χ1v) is 15.7. The van der Waals surface area contributed by atoms with E-state index in [1.165, 1.54) is 10.8 Å². The lowest BCUT2D eigenvalue weighted by Crippen LogP contribution is -1.97. The summed E-state index contributed by atoms with van der Waals surface area (Å²) in [6, 6.07) is 54.6. The van der Waals surface area contributed by atoms with Crippen LogP contribution in [0.5, 0.6) is 0 Å². The molecule has 0 saturated heterocycles. The predicted octanol–water partition coefficient (Wildman–Crippen LogP) is 11.3. The molecule has 0 spiro atoms. The van der Waals surface area contributed by atoms with Gasteiger partial charge in [0.15, 0.2) is 11.4 Å². The Balaban J connectivity index is 1.31. The molecular formula is C43H27N3O. The number of aromatic nitrogens is 3. The van der Waals surface area contributed by atoms with Crippen LogP contribution in [-0.2, 0) is 0 Å². The molecule has 0 N–H and O–H groups in total. The van der Waals surface area contributed by atoms with E-state index in [4.69, 9.17) is 14.4 Å². The van der Waals surface area contributed by atoms with Gasteiger partial charge < -0.3 is 4.42 Å². The smallest absolute Gasteiger partial charge is 0.160 e. The van der Waals surface area contributed by atoms with E-state index in [9.17, 15) is 0 Å². The van der Waals surface area contributed by atoms with Crippen molar-refractivity contribution in [2.75, 3.05) is 0 Å². The molecule has 0 bridgehead atoms. The molecule has 0 aliphatic heterocycles. The second-order valence-electron chi connectivity index (χ2n) is 11.6. The number of pyridine rings is 1. The van der Waals surface area contributed by atoms with Crippen LogP contribution < -0.4 is 0 Å². The fourth-order valence-electron chi connectivity index (χ4n) is 6.47. The number of nitrogens with zero attached hydrogens (tertiary/aromatic N) is 3. The molecule has 4 heteroatoms. The summed E-state index contributed by atoms with van der Waals surface area (Å²) in [6.07, 6.45) is 1.81. The van der Waals surface area contributed by atoms with Crippen LogP contribution in [0.3, 0.4) is 0 Å². The van der Waals surface area contributed by atoms with Crippen molar-refractivity contribution < 1.29 is 4.42 Å². The van der Waals surface area contributed by atoms with Gasteiger partial charge in [0, 0.05) is 28.3 Å². The highest BCUT2D eigenvalue weighted by molar-refractivity contribution is 6.05. The zero-order valence-electron chi connectivity index (χ0n) is 25.3. The Labute approximate surface area is 271 Å². The van der Waals surface area contributed by atoms with Crippen LogP contribution in [0.1, 0.15) is 0 Å². The second-order valence-corrected chi connectivity index (χ2v) is 11.6. The molecule has 0 atom stereocenters. The molecule has 0 fully saturated rings. The summed E-state index contributed by atoms with van der Waals surface area (Å²) in [4.78, 5) is 14.9. The van der Waals surface area contributed by atoms with E-state index in [0.29, 0.717) is 5.82 Å². The summed E-state index contributed by atoms with van der Waals surface area (Å²) >= 11 is 0. The van der Waals surface area contributed by atoms with E-state index in [-0.39, 0.29) is 0 Å². The Morgan fingerprint density at radius 1 is 0.404 bits per heavy atom. The topological polar surface area (TPSA) is 51.8 Å². The Hall–Kier alpha value is -6.39. The van der Waals surface area contributed by atoms with E-state index < -0.39 is 0 Å². The van der Waals surface area contributed by atoms with Crippen LogP contribution in [-0.4, -0.2) is 15.0 Å². The maximum absolute atomic E-state index is 6.09. The van der Waals surface area contributed by atoms with Crippen molar-refractivity contribution in [3.8, 4) is 56.2 Å². The highest BCUT2D eigenvalue weighted by Gasteiger charge is 2.18. The number of hydrogen-bond donors (Lipinski definition) is 0. The summed E-state index contributed by atoms with van der Waals surface area (Å²) < 4.78 is 6.09. The average Bonchev–Trinajstić information content (AvgIpc) is 3.53. The summed E-state index contributed by atoms with van der Waals surface area (Å²) in [5.74, 6) is 0.689. The molecule has 0 saturated carbocycles. The van der Waals surface area contributed by atoms with Crippen molar-refractivity contribution in [2.45, 2.75) is 0 Å². The van der Waals surface area contributed by atoms with Gasteiger partial charge in [-0.2, -0.15) is 0 Å². The number of fused-ring (bicyclic) bond motifs is 4. The first-order valence-electron chi connectivity index (χ1n) is 15.7. The minimum atomic E-state index is 0.689. The molecule has 3 heterocycles. The first kappa shape index (κ1) is 27.0. The van der Waals surface area contributed by atoms with Gasteiger partial charge in [0.25, 0.3) is 0 Å². The molecular weight excluding hydrogens is 574 g/mol. The largest absolute Gasteiger partial charge is 0.454 e. The third-order valence-corrected chi connectivity index (χ3v) is 8.76. The number of benzene rings is 6. The molecule has 0 aliphatic rings. The normalized spacial score (nSPS) is 11.4. The van der Waals surface area contributed by atoms with Crippen LogP contribution in [0.4, 0.5) is 0 Å². The Morgan fingerprint density at radius 2 is 1.13 bits per heavy atom. The lowest BCUT2D eigenvalue weighted by atomic mass is 9.90. The quantitative estimate of drug-likeness (QED) is 0.197. The summed E-state index contributed by atoms with van der Waals surface area (Å²) in [7, 11) is 0. The van der Waals surface area contributed by atoms with Crippen molar-refractivity contribution in [2.24, 2.45) is 0 Å². The molecule has 0 radical (unpaired) electrons. The molecule has 0 unspecified atom stereocenters. The van der Waals surface area contributed by atoms with Crippen molar-refractivity contribution in [3.05, 3.63) is 164 Å². The minimum absolute atomic E-state index is 0.689. The maximum atomic E-state index is 6.09. The van der Waals surface area contributed by atoms with Crippen LogP contribution in [0, 0.1) is 0 Å². The molecule has 220 valence electrons. The second kappa shape index (κ2) is 11.2. The molecule has 3 aromatic heterocycles. The lowest BCUT2D eigenvalue weighted by molar-refractivity contribution is 0.668. The van der Waals surface area contributed by atoms with Gasteiger partial charge in [-0.3, -0.25) is 4.98 Å². The van der Waals surface area contributed by atoms with Gasteiger partial charge in [-0.1, -0.05) is 121 Å². The zero-order chi connectivity index (χ0) is 31.2. The van der Waals surface area contributed by atoms with Gasteiger partial charge in [0.2, 0.25) is 0 Å². The molecule has 9 rings (SSSR count). The number of hydrogen-bond acceptors (Lipinski definition) is 4. The van der Waals surface area contributed by atoms with Gasteiger partial charge in [0.05, 0.1) is 11.4 Å². The standard InChI is InChI=1S/C43H27N3O/c1-3-12-29(13-4-1)38-27-39(46-43(45-38)30-14-5-2-6-15-30)36-25-31(20-22-35(36)34-18-9-16-28-11-7-8-17-33(28)34)32-21-23-40-37(26-32)42-41(47-40)19-10-24-44-42/h1-27H. The van der Waals surface area contributed by atoms with Gasteiger partial charge in [-0.25, -0.2) is 9.97 Å². The predicted molar refractivity (Wildman–Crippen MR) is 192 cm³/mol. The lowest BCUT2D eigenvalue weighted by Gasteiger charge is -2.16. The van der Waals surface area contributed by atoms with Gasteiger partial charge in [-0.15, -0.1) is 0 Å². The monoisotopic (exact) mass is 601 g/mol. The van der Waals surface area contributed by atoms with Gasteiger partial charge >= 0.3 is 0 Å². The molecule has 9 aromatic rings. The number of furan rings is 1. The van der Waals surface area contributed by atoms with Crippen molar-refractivity contribution in [3.63, 3.8) is 0 Å². The number of rotatable bonds is 5. The first-order chi connectivity index (χ1) is 23.3. The highest BCUT2D eigenvalue weighted by Crippen LogP contribution is 2.40. The van der Waals surface area contributed by atoms with Crippen LogP contribution in [0.15, 0.2) is 168 Å². The highest BCUT2D eigenvalue weighted by atomic mass is 16.3. The van der Waals surface area contributed by atoms with Crippen molar-refractivity contribution in [1.29, 1.82) is 0 Å². The Kier molecular flexibility index (Phi) is 6.43. The fourth-order valence-corrected chi connectivity index (χ4v) is 6.47. The molecule has 4 nitrogen and oxygen atoms in total. The van der Waals surface area contributed by atoms with E-state index >= 15 is 0 Å². The molecule has 0 amide bonds. The molecule has 6 aromatic carbocycles. The SMILES string of the molecule is c1ccc(-c2cc(-c3cc(-c4ccc5oc6cccnc6c5c4)ccc3-c3cccc4ccccc34)nc(-c3ccccc3)n2)cc1. The summed E-state index contributed by atoms with van der Waals surface area (Å²) in [6.45, 7) is 0. The minimum Gasteiger partial charge on any atom is -0.454 e. The Morgan fingerprint density at radius 3 is 2.00 bits per heavy atom. The van der Waals surface area contributed by atoms with Crippen LogP contribution in [0.25, 0.3) is 89.0 Å². The summed E-state index contributed by atoms with van der Waals surface area (Å²) in [5.41, 5.74) is 11.7. The maximum Gasteiger partial charge on any atom is 0.160 e. The van der Waals surface area contributed by atoms with E-state index in [2.05, 4.69) is 108 Å².